The van der Waals surface area contributed by atoms with Gasteiger partial charge in [-0.1, -0.05) is 77.0 Å². The van der Waals surface area contributed by atoms with E-state index in [0.717, 1.165) is 76.2 Å². The largest absolute Gasteiger partial charge is 0.491 e. The van der Waals surface area contributed by atoms with Gasteiger partial charge < -0.3 is 4.74 Å². The normalized spacial score (nSPS) is 23.6. The molecule has 0 aromatic heterocycles. The molecule has 0 unspecified atom stereocenters. The molecule has 2 fully saturated rings. The molecule has 1 nitrogen and oxygen atoms in total. The minimum atomic E-state index is -0.630. The molecule has 2 aliphatic rings. The molecule has 0 heterocycles. The number of aryl methyl sites for hydroxylation is 1. The number of halogens is 3. The zero-order valence-corrected chi connectivity index (χ0v) is 24.3. The Bertz CT molecular complexity index is 1020. The molecule has 0 saturated heterocycles. The van der Waals surface area contributed by atoms with E-state index in [-0.39, 0.29) is 11.7 Å². The molecule has 0 spiro atoms. The van der Waals surface area contributed by atoms with Crippen LogP contribution in [0.25, 0.3) is 0 Å². The van der Waals surface area contributed by atoms with Crippen molar-refractivity contribution in [1.29, 1.82) is 0 Å². The van der Waals surface area contributed by atoms with E-state index in [2.05, 4.69) is 13.8 Å². The first kappa shape index (κ1) is 30.0. The summed E-state index contributed by atoms with van der Waals surface area (Å²) in [5.74, 6) is 0.569. The van der Waals surface area contributed by atoms with Crippen LogP contribution in [0.2, 0.25) is 0 Å². The first-order valence-electron chi connectivity index (χ1n) is 15.8. The molecule has 0 radical (unpaired) electrons. The van der Waals surface area contributed by atoms with E-state index in [9.17, 15) is 13.2 Å². The van der Waals surface area contributed by atoms with Gasteiger partial charge in [-0.3, -0.25) is 0 Å². The van der Waals surface area contributed by atoms with Gasteiger partial charge in [0, 0.05) is 0 Å². The van der Waals surface area contributed by atoms with Crippen LogP contribution < -0.4 is 4.74 Å². The van der Waals surface area contributed by atoms with Gasteiger partial charge in [-0.25, -0.2) is 13.2 Å². The Morgan fingerprint density at radius 2 is 1.44 bits per heavy atom. The predicted molar refractivity (Wildman–Crippen MR) is 155 cm³/mol. The lowest BCUT2D eigenvalue weighted by atomic mass is 9.76. The smallest absolute Gasteiger partial charge is 0.165 e. The van der Waals surface area contributed by atoms with Gasteiger partial charge in [-0.05, 0) is 110 Å². The molecule has 4 heteroatoms. The first-order valence-corrected chi connectivity index (χ1v) is 15.8. The monoisotopic (exact) mass is 542 g/mol. The van der Waals surface area contributed by atoms with Crippen LogP contribution in [0, 0.1) is 29.3 Å². The maximum Gasteiger partial charge on any atom is 0.165 e. The molecule has 2 aromatic carbocycles. The maximum absolute atomic E-state index is 14.9. The third-order valence-electron chi connectivity index (χ3n) is 9.50. The van der Waals surface area contributed by atoms with Crippen molar-refractivity contribution in [1.82, 2.24) is 0 Å². The van der Waals surface area contributed by atoms with Gasteiger partial charge >= 0.3 is 0 Å². The third-order valence-corrected chi connectivity index (χ3v) is 9.50. The topological polar surface area (TPSA) is 9.23 Å². The molecular weight excluding hydrogens is 493 g/mol. The third kappa shape index (κ3) is 8.51. The lowest BCUT2D eigenvalue weighted by Gasteiger charge is -2.29. The van der Waals surface area contributed by atoms with E-state index in [0.29, 0.717) is 47.7 Å². The van der Waals surface area contributed by atoms with E-state index < -0.39 is 11.6 Å². The Kier molecular flexibility index (Phi) is 11.6. The standard InChI is InChI=1S/C35H49F3O/c1-3-4-5-6-7-8-23-39-33-22-20-30(24-32(33)36)27-16-11-26(12-17-27)13-18-29-19-21-31(35(38)34(29)37)28-14-9-25(2)10-15-28/h19-22,24-28H,3-18,23H2,1-2H3. The van der Waals surface area contributed by atoms with Crippen molar-refractivity contribution in [2.45, 2.75) is 128 Å². The van der Waals surface area contributed by atoms with Crippen LogP contribution in [0.4, 0.5) is 13.2 Å². The van der Waals surface area contributed by atoms with Crippen LogP contribution in [0.5, 0.6) is 5.75 Å². The van der Waals surface area contributed by atoms with Gasteiger partial charge in [0.25, 0.3) is 0 Å². The van der Waals surface area contributed by atoms with Gasteiger partial charge in [-0.15, -0.1) is 0 Å². The Morgan fingerprint density at radius 3 is 2.15 bits per heavy atom. The van der Waals surface area contributed by atoms with Crippen LogP contribution in [-0.4, -0.2) is 6.61 Å². The summed E-state index contributed by atoms with van der Waals surface area (Å²) >= 11 is 0. The van der Waals surface area contributed by atoms with Gasteiger partial charge in [-0.2, -0.15) is 0 Å². The SMILES string of the molecule is CCCCCCCCOc1ccc(C2CCC(CCc3ccc(C4CCC(C)CC4)c(F)c3F)CC2)cc1F. The highest BCUT2D eigenvalue weighted by molar-refractivity contribution is 5.32. The Hall–Kier alpha value is -1.97. The van der Waals surface area contributed by atoms with E-state index in [1.807, 2.05) is 18.2 Å². The fraction of sp³-hybridized carbons (Fsp3) is 0.657. The van der Waals surface area contributed by atoms with Crippen molar-refractivity contribution in [2.24, 2.45) is 11.8 Å². The van der Waals surface area contributed by atoms with Gasteiger partial charge in [0.1, 0.15) is 0 Å². The predicted octanol–water partition coefficient (Wildman–Crippen LogP) is 11.0. The molecule has 2 aliphatic carbocycles. The number of benzene rings is 2. The van der Waals surface area contributed by atoms with Crippen molar-refractivity contribution in [3.8, 4) is 5.75 Å². The highest BCUT2D eigenvalue weighted by Crippen LogP contribution is 2.40. The summed E-state index contributed by atoms with van der Waals surface area (Å²) in [6.45, 7) is 5.02. The highest BCUT2D eigenvalue weighted by Gasteiger charge is 2.26. The molecular formula is C35H49F3O. The number of hydrogen-bond donors (Lipinski definition) is 0. The lowest BCUT2D eigenvalue weighted by Crippen LogP contribution is -2.15. The number of unbranched alkanes of at least 4 members (excludes halogenated alkanes) is 5. The zero-order valence-electron chi connectivity index (χ0n) is 24.3. The molecule has 2 saturated carbocycles. The van der Waals surface area contributed by atoms with Crippen LogP contribution >= 0.6 is 0 Å². The Balaban J connectivity index is 1.20. The second-order valence-corrected chi connectivity index (χ2v) is 12.5. The molecule has 0 amide bonds. The second-order valence-electron chi connectivity index (χ2n) is 12.5. The van der Waals surface area contributed by atoms with Gasteiger partial charge in [0.15, 0.2) is 23.2 Å². The zero-order chi connectivity index (χ0) is 27.6. The summed E-state index contributed by atoms with van der Waals surface area (Å²) in [6, 6.07) is 9.16. The molecule has 0 N–H and O–H groups in total. The number of rotatable bonds is 13. The average Bonchev–Trinajstić information content (AvgIpc) is 2.95. The molecule has 0 bridgehead atoms. The van der Waals surface area contributed by atoms with Crippen molar-refractivity contribution in [3.63, 3.8) is 0 Å². The Morgan fingerprint density at radius 1 is 0.744 bits per heavy atom. The first-order chi connectivity index (χ1) is 19.0. The molecule has 2 aromatic rings. The minimum Gasteiger partial charge on any atom is -0.491 e. The van der Waals surface area contributed by atoms with Crippen molar-refractivity contribution in [2.75, 3.05) is 6.61 Å². The highest BCUT2D eigenvalue weighted by atomic mass is 19.2. The Labute approximate surface area is 234 Å². The maximum atomic E-state index is 14.9. The second kappa shape index (κ2) is 15.1. The van der Waals surface area contributed by atoms with Crippen LogP contribution in [0.1, 0.15) is 139 Å². The summed E-state index contributed by atoms with van der Waals surface area (Å²) in [5, 5.41) is 0. The quantitative estimate of drug-likeness (QED) is 0.229. The van der Waals surface area contributed by atoms with E-state index in [4.69, 9.17) is 4.74 Å². The van der Waals surface area contributed by atoms with Gasteiger partial charge in [0.2, 0.25) is 0 Å². The summed E-state index contributed by atoms with van der Waals surface area (Å²) in [4.78, 5) is 0. The fourth-order valence-electron chi connectivity index (χ4n) is 6.78. The van der Waals surface area contributed by atoms with E-state index >= 15 is 0 Å². The molecule has 0 atom stereocenters. The summed E-state index contributed by atoms with van der Waals surface area (Å²) < 4.78 is 50.3. The molecule has 4 rings (SSSR count). The molecule has 0 aliphatic heterocycles. The number of ether oxygens (including phenoxy) is 1. The number of hydrogen-bond acceptors (Lipinski definition) is 1. The van der Waals surface area contributed by atoms with Crippen LogP contribution in [-0.2, 0) is 6.42 Å². The molecule has 39 heavy (non-hydrogen) atoms. The van der Waals surface area contributed by atoms with Crippen molar-refractivity contribution >= 4 is 0 Å². The van der Waals surface area contributed by atoms with Crippen LogP contribution in [0.3, 0.4) is 0 Å². The molecule has 216 valence electrons. The van der Waals surface area contributed by atoms with Gasteiger partial charge in [0.05, 0.1) is 6.61 Å². The summed E-state index contributed by atoms with van der Waals surface area (Å²) in [7, 11) is 0. The lowest BCUT2D eigenvalue weighted by molar-refractivity contribution is 0.288. The summed E-state index contributed by atoms with van der Waals surface area (Å²) in [5.41, 5.74) is 2.15. The van der Waals surface area contributed by atoms with Crippen LogP contribution in [0.15, 0.2) is 30.3 Å². The minimum absolute atomic E-state index is 0.158. The van der Waals surface area contributed by atoms with E-state index in [1.165, 1.54) is 25.7 Å². The van der Waals surface area contributed by atoms with Crippen molar-refractivity contribution in [3.05, 3.63) is 64.5 Å². The summed E-state index contributed by atoms with van der Waals surface area (Å²) in [6.07, 6.45) is 16.8. The van der Waals surface area contributed by atoms with E-state index in [1.54, 1.807) is 12.1 Å². The van der Waals surface area contributed by atoms with Crippen molar-refractivity contribution < 1.29 is 17.9 Å². The fourth-order valence-corrected chi connectivity index (χ4v) is 6.78. The average molecular weight is 543 g/mol.